The second-order valence-electron chi connectivity index (χ2n) is 4.77. The molecule has 1 atom stereocenters. The first-order valence-corrected chi connectivity index (χ1v) is 6.25. The van der Waals surface area contributed by atoms with E-state index in [-0.39, 0.29) is 5.82 Å². The molecular weight excluding hydrogens is 217 g/mol. The maximum Gasteiger partial charge on any atom is 0.165 e. The van der Waals surface area contributed by atoms with Crippen LogP contribution in [0.3, 0.4) is 0 Å². The number of nitrogens with one attached hydrogen (secondary N) is 1. The monoisotopic (exact) mass is 237 g/mol. The highest BCUT2D eigenvalue weighted by atomic mass is 19.1. The molecule has 1 aliphatic rings. The number of hydrogen-bond donors (Lipinski definition) is 1. The number of hydrogen-bond acceptors (Lipinski definition) is 2. The predicted octanol–water partition coefficient (Wildman–Crippen LogP) is 3.29. The van der Waals surface area contributed by atoms with E-state index >= 15 is 0 Å². The molecule has 1 aliphatic carbocycles. The fraction of sp³-hybridized carbons (Fsp3) is 0.571. The number of benzene rings is 1. The summed E-state index contributed by atoms with van der Waals surface area (Å²) in [6.45, 7) is 0. The van der Waals surface area contributed by atoms with Crippen LogP contribution in [0.15, 0.2) is 18.2 Å². The molecule has 0 bridgehead atoms. The molecule has 2 nitrogen and oxygen atoms in total. The largest absolute Gasteiger partial charge is 0.494 e. The van der Waals surface area contributed by atoms with E-state index in [0.717, 1.165) is 17.9 Å². The first-order valence-electron chi connectivity index (χ1n) is 6.25. The molecule has 0 heterocycles. The van der Waals surface area contributed by atoms with Crippen molar-refractivity contribution in [2.45, 2.75) is 31.7 Å². The van der Waals surface area contributed by atoms with E-state index < -0.39 is 0 Å². The highest BCUT2D eigenvalue weighted by Crippen LogP contribution is 2.35. The van der Waals surface area contributed by atoms with Crippen molar-refractivity contribution >= 4 is 0 Å². The Balaban J connectivity index is 2.11. The molecule has 0 radical (unpaired) electrons. The van der Waals surface area contributed by atoms with Crippen LogP contribution in [0.25, 0.3) is 0 Å². The molecule has 17 heavy (non-hydrogen) atoms. The van der Waals surface area contributed by atoms with Crippen molar-refractivity contribution in [3.8, 4) is 5.75 Å². The van der Waals surface area contributed by atoms with Crippen molar-refractivity contribution in [2.24, 2.45) is 5.92 Å². The van der Waals surface area contributed by atoms with E-state index in [9.17, 15) is 4.39 Å². The lowest BCUT2D eigenvalue weighted by Crippen LogP contribution is -2.23. The normalized spacial score (nSPS) is 17.6. The molecule has 0 aromatic heterocycles. The van der Waals surface area contributed by atoms with Gasteiger partial charge in [0.15, 0.2) is 11.6 Å². The minimum absolute atomic E-state index is 0.297. The zero-order chi connectivity index (χ0) is 12.3. The number of halogens is 1. The van der Waals surface area contributed by atoms with Crippen LogP contribution in [0.5, 0.6) is 5.75 Å². The van der Waals surface area contributed by atoms with Gasteiger partial charge in [-0.1, -0.05) is 25.3 Å². The predicted molar refractivity (Wildman–Crippen MR) is 66.7 cm³/mol. The third-order valence-corrected chi connectivity index (χ3v) is 3.72. The van der Waals surface area contributed by atoms with Crippen molar-refractivity contribution in [1.82, 2.24) is 5.32 Å². The van der Waals surface area contributed by atoms with Gasteiger partial charge in [-0.05, 0) is 37.1 Å². The van der Waals surface area contributed by atoms with Gasteiger partial charge in [0.1, 0.15) is 0 Å². The molecule has 1 fully saturated rings. The molecule has 0 aliphatic heterocycles. The van der Waals surface area contributed by atoms with Crippen LogP contribution in [0, 0.1) is 11.7 Å². The van der Waals surface area contributed by atoms with E-state index in [1.165, 1.54) is 32.4 Å². The van der Waals surface area contributed by atoms with Gasteiger partial charge in [-0.15, -0.1) is 0 Å². The van der Waals surface area contributed by atoms with E-state index in [1.807, 2.05) is 13.1 Å². The van der Waals surface area contributed by atoms with E-state index in [1.54, 1.807) is 6.07 Å². The first-order chi connectivity index (χ1) is 8.24. The third kappa shape index (κ3) is 2.78. The molecule has 1 N–H and O–H groups in total. The Morgan fingerprint density at radius 1 is 1.47 bits per heavy atom. The fourth-order valence-electron chi connectivity index (χ4n) is 2.38. The quantitative estimate of drug-likeness (QED) is 0.848. The summed E-state index contributed by atoms with van der Waals surface area (Å²) in [6, 6.07) is 5.43. The zero-order valence-electron chi connectivity index (χ0n) is 10.5. The molecule has 0 saturated heterocycles. The summed E-state index contributed by atoms with van der Waals surface area (Å²) in [5.41, 5.74) is 1.11. The fourth-order valence-corrected chi connectivity index (χ4v) is 2.38. The van der Waals surface area contributed by atoms with Crippen LogP contribution >= 0.6 is 0 Å². The van der Waals surface area contributed by atoms with Crippen LogP contribution in [0.2, 0.25) is 0 Å². The van der Waals surface area contributed by atoms with Crippen molar-refractivity contribution in [3.63, 3.8) is 0 Å². The highest BCUT2D eigenvalue weighted by Gasteiger charge is 2.22. The van der Waals surface area contributed by atoms with Gasteiger partial charge in [0.05, 0.1) is 7.11 Å². The van der Waals surface area contributed by atoms with Gasteiger partial charge in [-0.2, -0.15) is 0 Å². The summed E-state index contributed by atoms with van der Waals surface area (Å²) < 4.78 is 18.4. The molecule has 94 valence electrons. The van der Waals surface area contributed by atoms with E-state index in [4.69, 9.17) is 4.74 Å². The number of ether oxygens (including phenoxy) is 1. The Kier molecular flexibility index (Phi) is 4.00. The van der Waals surface area contributed by atoms with Crippen LogP contribution in [0.4, 0.5) is 4.39 Å². The van der Waals surface area contributed by atoms with Crippen LogP contribution < -0.4 is 10.1 Å². The van der Waals surface area contributed by atoms with Crippen molar-refractivity contribution in [1.29, 1.82) is 0 Å². The SMILES string of the molecule is CNC(CC1CCC1)c1ccc(F)c(OC)c1. The van der Waals surface area contributed by atoms with Gasteiger partial charge in [-0.3, -0.25) is 0 Å². The van der Waals surface area contributed by atoms with E-state index in [0.29, 0.717) is 11.8 Å². The van der Waals surface area contributed by atoms with Crippen LogP contribution in [-0.4, -0.2) is 14.2 Å². The maximum absolute atomic E-state index is 13.3. The molecular formula is C14H20FNO. The summed E-state index contributed by atoms with van der Waals surface area (Å²) in [5, 5.41) is 3.31. The van der Waals surface area contributed by atoms with Gasteiger partial charge >= 0.3 is 0 Å². The molecule has 1 saturated carbocycles. The summed E-state index contributed by atoms with van der Waals surface area (Å²) in [6.07, 6.45) is 5.14. The van der Waals surface area contributed by atoms with Gasteiger partial charge in [0.2, 0.25) is 0 Å². The second kappa shape index (κ2) is 5.50. The summed E-state index contributed by atoms with van der Waals surface area (Å²) in [4.78, 5) is 0. The minimum Gasteiger partial charge on any atom is -0.494 e. The standard InChI is InChI=1S/C14H20FNO/c1-16-13(8-10-4-3-5-10)11-6-7-12(15)14(9-11)17-2/h6-7,9-10,13,16H,3-5,8H2,1-2H3. The lowest BCUT2D eigenvalue weighted by Gasteiger charge is -2.29. The zero-order valence-corrected chi connectivity index (χ0v) is 10.5. The molecule has 0 spiro atoms. The second-order valence-corrected chi connectivity index (χ2v) is 4.77. The van der Waals surface area contributed by atoms with Crippen molar-refractivity contribution in [3.05, 3.63) is 29.6 Å². The van der Waals surface area contributed by atoms with Gasteiger partial charge in [0, 0.05) is 6.04 Å². The number of rotatable bonds is 5. The average Bonchev–Trinajstić information content (AvgIpc) is 2.29. The lowest BCUT2D eigenvalue weighted by molar-refractivity contribution is 0.265. The Bertz CT molecular complexity index is 376. The molecule has 1 aromatic carbocycles. The Labute approximate surface area is 102 Å². The summed E-state index contributed by atoms with van der Waals surface area (Å²) in [5.74, 6) is 0.856. The summed E-state index contributed by atoms with van der Waals surface area (Å²) in [7, 11) is 3.46. The smallest absolute Gasteiger partial charge is 0.165 e. The first kappa shape index (κ1) is 12.4. The Hall–Kier alpha value is -1.09. The molecule has 1 unspecified atom stereocenters. The van der Waals surface area contributed by atoms with Crippen molar-refractivity contribution in [2.75, 3.05) is 14.2 Å². The third-order valence-electron chi connectivity index (χ3n) is 3.72. The average molecular weight is 237 g/mol. The molecule has 0 amide bonds. The lowest BCUT2D eigenvalue weighted by atomic mass is 9.79. The van der Waals surface area contributed by atoms with Crippen LogP contribution in [0.1, 0.15) is 37.3 Å². The van der Waals surface area contributed by atoms with Gasteiger partial charge in [0.25, 0.3) is 0 Å². The van der Waals surface area contributed by atoms with E-state index in [2.05, 4.69) is 5.32 Å². The Morgan fingerprint density at radius 3 is 2.76 bits per heavy atom. The van der Waals surface area contributed by atoms with Crippen molar-refractivity contribution < 1.29 is 9.13 Å². The molecule has 1 aromatic rings. The summed E-state index contributed by atoms with van der Waals surface area (Å²) >= 11 is 0. The molecule has 2 rings (SSSR count). The van der Waals surface area contributed by atoms with Gasteiger partial charge < -0.3 is 10.1 Å². The number of methoxy groups -OCH3 is 1. The molecule has 3 heteroatoms. The minimum atomic E-state index is -0.297. The topological polar surface area (TPSA) is 21.3 Å². The van der Waals surface area contributed by atoms with Gasteiger partial charge in [-0.25, -0.2) is 4.39 Å². The maximum atomic E-state index is 13.3. The Morgan fingerprint density at radius 2 is 2.24 bits per heavy atom. The highest BCUT2D eigenvalue weighted by molar-refractivity contribution is 5.32. The van der Waals surface area contributed by atoms with Crippen LogP contribution in [-0.2, 0) is 0 Å².